The van der Waals surface area contributed by atoms with Crippen molar-refractivity contribution in [3.8, 4) is 0 Å². The summed E-state index contributed by atoms with van der Waals surface area (Å²) in [5, 5.41) is 0. The average molecular weight is 366 g/mol. The van der Waals surface area contributed by atoms with E-state index >= 15 is 0 Å². The van der Waals surface area contributed by atoms with Crippen molar-refractivity contribution >= 4 is 47.8 Å². The van der Waals surface area contributed by atoms with Crippen LogP contribution in [-0.4, -0.2) is 4.98 Å². The fourth-order valence-electron chi connectivity index (χ4n) is 0.609. The second kappa shape index (κ2) is 4.11. The van der Waals surface area contributed by atoms with Gasteiger partial charge in [0.05, 0.1) is 8.95 Å². The van der Waals surface area contributed by atoms with E-state index in [-0.39, 0.29) is 10.2 Å². The molecular weight excluding hydrogens is 364 g/mol. The van der Waals surface area contributed by atoms with Crippen LogP contribution in [0.1, 0.15) is 12.1 Å². The lowest BCUT2D eigenvalue weighted by Gasteiger charge is -2.04. The van der Waals surface area contributed by atoms with Crippen LogP contribution in [0.4, 0.5) is 8.78 Å². The van der Waals surface area contributed by atoms with Crippen molar-refractivity contribution in [1.29, 1.82) is 0 Å². The van der Waals surface area contributed by atoms with Crippen LogP contribution >= 0.6 is 47.8 Å². The molecular formula is C6H2Br3F2N. The molecule has 0 fully saturated rings. The zero-order chi connectivity index (χ0) is 9.30. The molecule has 12 heavy (non-hydrogen) atoms. The SMILES string of the molecule is FC(F)c1ncc(Br)c(Br)c1Br. The first kappa shape index (κ1) is 10.5. The Morgan fingerprint density at radius 1 is 1.17 bits per heavy atom. The van der Waals surface area contributed by atoms with Gasteiger partial charge in [-0.2, -0.15) is 0 Å². The molecule has 0 saturated carbocycles. The minimum Gasteiger partial charge on any atom is -0.253 e. The zero-order valence-corrected chi connectivity index (χ0v) is 10.2. The van der Waals surface area contributed by atoms with Crippen LogP contribution in [0, 0.1) is 0 Å². The van der Waals surface area contributed by atoms with E-state index in [1.54, 1.807) is 0 Å². The highest BCUT2D eigenvalue weighted by atomic mass is 79.9. The molecule has 0 atom stereocenters. The summed E-state index contributed by atoms with van der Waals surface area (Å²) in [5.41, 5.74) is -0.259. The van der Waals surface area contributed by atoms with E-state index in [4.69, 9.17) is 0 Å². The smallest absolute Gasteiger partial charge is 0.253 e. The largest absolute Gasteiger partial charge is 0.281 e. The van der Waals surface area contributed by atoms with Gasteiger partial charge in [-0.1, -0.05) is 0 Å². The number of halogens is 5. The van der Waals surface area contributed by atoms with E-state index in [0.717, 1.165) is 0 Å². The van der Waals surface area contributed by atoms with E-state index < -0.39 is 6.43 Å². The van der Waals surface area contributed by atoms with Crippen LogP contribution in [0.15, 0.2) is 19.6 Å². The van der Waals surface area contributed by atoms with Gasteiger partial charge in [-0.15, -0.1) is 0 Å². The maximum atomic E-state index is 12.2. The second-order valence-electron chi connectivity index (χ2n) is 1.92. The van der Waals surface area contributed by atoms with Gasteiger partial charge in [0, 0.05) is 10.7 Å². The van der Waals surface area contributed by atoms with Gasteiger partial charge in [0.2, 0.25) is 0 Å². The number of aromatic nitrogens is 1. The molecule has 0 aliphatic heterocycles. The molecule has 0 aliphatic rings. The molecule has 0 bridgehead atoms. The Kier molecular flexibility index (Phi) is 3.60. The highest BCUT2D eigenvalue weighted by molar-refractivity contribution is 9.14. The molecule has 1 rings (SSSR count). The van der Waals surface area contributed by atoms with E-state index in [9.17, 15) is 8.78 Å². The standard InChI is InChI=1S/C6H2Br3F2N/c7-2-1-12-5(6(10)11)4(9)3(2)8/h1,6H. The molecule has 1 nitrogen and oxygen atoms in total. The van der Waals surface area contributed by atoms with Gasteiger partial charge >= 0.3 is 0 Å². The topological polar surface area (TPSA) is 12.9 Å². The van der Waals surface area contributed by atoms with Crippen LogP contribution in [0.5, 0.6) is 0 Å². The Labute approximate surface area is 92.9 Å². The monoisotopic (exact) mass is 363 g/mol. The molecule has 6 heteroatoms. The number of hydrogen-bond acceptors (Lipinski definition) is 1. The Balaban J connectivity index is 3.27. The summed E-state index contributed by atoms with van der Waals surface area (Å²) >= 11 is 9.29. The summed E-state index contributed by atoms with van der Waals surface area (Å²) in [4.78, 5) is 3.56. The quantitative estimate of drug-likeness (QED) is 0.722. The van der Waals surface area contributed by atoms with Crippen molar-refractivity contribution in [2.45, 2.75) is 6.43 Å². The molecule has 0 saturated heterocycles. The van der Waals surface area contributed by atoms with Crippen LogP contribution in [0.2, 0.25) is 0 Å². The van der Waals surface area contributed by atoms with Gasteiger partial charge in [0.15, 0.2) is 0 Å². The van der Waals surface area contributed by atoms with Crippen LogP contribution in [-0.2, 0) is 0 Å². The van der Waals surface area contributed by atoms with Crippen LogP contribution in [0.3, 0.4) is 0 Å². The van der Waals surface area contributed by atoms with Gasteiger partial charge in [-0.05, 0) is 47.8 Å². The molecule has 1 aromatic heterocycles. The maximum Gasteiger partial charge on any atom is 0.281 e. The molecule has 1 aromatic rings. The molecule has 0 aliphatic carbocycles. The number of nitrogens with zero attached hydrogens (tertiary/aromatic N) is 1. The Hall–Kier alpha value is 0.450. The van der Waals surface area contributed by atoms with E-state index in [2.05, 4.69) is 52.8 Å². The van der Waals surface area contributed by atoms with Crippen LogP contribution < -0.4 is 0 Å². The van der Waals surface area contributed by atoms with Gasteiger partial charge in [-0.3, -0.25) is 4.98 Å². The molecule has 0 N–H and O–H groups in total. The average Bonchev–Trinajstić information content (AvgIpc) is 2.00. The second-order valence-corrected chi connectivity index (χ2v) is 4.36. The third-order valence-corrected chi connectivity index (χ3v) is 4.44. The Morgan fingerprint density at radius 2 is 1.75 bits per heavy atom. The Bertz CT molecular complexity index is 303. The minimum absolute atomic E-state index is 0.259. The fraction of sp³-hybridized carbons (Fsp3) is 0.167. The molecule has 0 radical (unpaired) electrons. The fourth-order valence-corrected chi connectivity index (χ4v) is 1.97. The van der Waals surface area contributed by atoms with E-state index in [0.29, 0.717) is 8.95 Å². The Morgan fingerprint density at radius 3 is 2.25 bits per heavy atom. The highest BCUT2D eigenvalue weighted by Crippen LogP contribution is 2.35. The summed E-state index contributed by atoms with van der Waals surface area (Å²) < 4.78 is 25.9. The summed E-state index contributed by atoms with van der Waals surface area (Å²) in [5.74, 6) is 0. The lowest BCUT2D eigenvalue weighted by Crippen LogP contribution is -1.92. The van der Waals surface area contributed by atoms with E-state index in [1.165, 1.54) is 6.20 Å². The molecule has 0 unspecified atom stereocenters. The van der Waals surface area contributed by atoms with E-state index in [1.807, 2.05) is 0 Å². The molecule has 1 heterocycles. The van der Waals surface area contributed by atoms with Crippen molar-refractivity contribution in [1.82, 2.24) is 4.98 Å². The maximum absolute atomic E-state index is 12.2. The van der Waals surface area contributed by atoms with Crippen molar-refractivity contribution in [3.63, 3.8) is 0 Å². The first-order valence-electron chi connectivity index (χ1n) is 2.81. The van der Waals surface area contributed by atoms with Crippen molar-refractivity contribution in [2.24, 2.45) is 0 Å². The van der Waals surface area contributed by atoms with Gasteiger partial charge < -0.3 is 0 Å². The summed E-state index contributed by atoms with van der Waals surface area (Å²) in [6.07, 6.45) is -1.24. The number of rotatable bonds is 1. The summed E-state index contributed by atoms with van der Waals surface area (Å²) in [6.45, 7) is 0. The van der Waals surface area contributed by atoms with Crippen molar-refractivity contribution in [3.05, 3.63) is 25.3 Å². The molecule has 0 aromatic carbocycles. The van der Waals surface area contributed by atoms with Gasteiger partial charge in [-0.25, -0.2) is 8.78 Å². The summed E-state index contributed by atoms with van der Waals surface area (Å²) in [6, 6.07) is 0. The predicted octanol–water partition coefficient (Wildman–Crippen LogP) is 4.31. The lowest BCUT2D eigenvalue weighted by molar-refractivity contribution is 0.145. The van der Waals surface area contributed by atoms with Gasteiger partial charge in [0.1, 0.15) is 5.69 Å². The number of alkyl halides is 2. The summed E-state index contributed by atoms with van der Waals surface area (Å²) in [7, 11) is 0. The third-order valence-electron chi connectivity index (χ3n) is 1.15. The lowest BCUT2D eigenvalue weighted by atomic mass is 10.4. The molecule has 0 spiro atoms. The first-order valence-corrected chi connectivity index (χ1v) is 5.19. The number of pyridine rings is 1. The van der Waals surface area contributed by atoms with Crippen LogP contribution in [0.25, 0.3) is 0 Å². The minimum atomic E-state index is -2.57. The van der Waals surface area contributed by atoms with Crippen molar-refractivity contribution in [2.75, 3.05) is 0 Å². The third kappa shape index (κ3) is 2.03. The molecule has 66 valence electrons. The predicted molar refractivity (Wildman–Crippen MR) is 52.3 cm³/mol. The van der Waals surface area contributed by atoms with Gasteiger partial charge in [0.25, 0.3) is 6.43 Å². The van der Waals surface area contributed by atoms with Crippen molar-refractivity contribution < 1.29 is 8.78 Å². The highest BCUT2D eigenvalue weighted by Gasteiger charge is 2.16. The number of hydrogen-bond donors (Lipinski definition) is 0. The molecule has 0 amide bonds. The zero-order valence-electron chi connectivity index (χ0n) is 5.49. The normalized spacial score (nSPS) is 10.8. The first-order chi connectivity index (χ1) is 5.54.